The summed E-state index contributed by atoms with van der Waals surface area (Å²) in [5, 5.41) is 58.0. The number of hydrogen-bond acceptors (Lipinski definition) is 19. The van der Waals surface area contributed by atoms with Gasteiger partial charge in [-0.1, -0.05) is 60.7 Å². The summed E-state index contributed by atoms with van der Waals surface area (Å²) in [6, 6.07) is 20.4. The highest BCUT2D eigenvalue weighted by molar-refractivity contribution is 14.1. The highest BCUT2D eigenvalue weighted by Gasteiger charge is 2.32. The minimum absolute atomic E-state index is 0.0112. The number of hydrogen-bond donors (Lipinski definition) is 10. The van der Waals surface area contributed by atoms with Gasteiger partial charge in [0.05, 0.1) is 83.1 Å². The lowest BCUT2D eigenvalue weighted by Crippen LogP contribution is -2.44. The van der Waals surface area contributed by atoms with Crippen molar-refractivity contribution >= 4 is 113 Å². The third-order valence-electron chi connectivity index (χ3n) is 17.4. The number of aryl methyl sites for hydroxylation is 1. The minimum Gasteiger partial charge on any atom is -0.481 e. The SMILES string of the molecule is O=C(O)CCC(CP(=O)(O)OCCC[C@H](NC(=O)CC[C@H](CC(=O)CCCCCNC(=O)CCC(CC(=O)CCOCCOCCOCCOCCCC(=O)CCC(=O)N1Cc2ccccc2C#Cc2ccccc21)C(=O)NC(CCCCNC(=O)CCCc1ccc(I)cc1)C(=O)O)C(=O)O)C(=O)O)C(=O)O. The number of anilines is 1. The van der Waals surface area contributed by atoms with E-state index in [2.05, 4.69) is 55.7 Å². The fraction of sp³-hybridized carbons (Fsp3) is 0.566. The molecule has 5 amide bonds. The summed E-state index contributed by atoms with van der Waals surface area (Å²) < 4.78 is 40.8. The topological polar surface area (TPSA) is 458 Å². The first kappa shape index (κ1) is 92.0. The van der Waals surface area contributed by atoms with Crippen LogP contribution in [0.15, 0.2) is 72.8 Å². The van der Waals surface area contributed by atoms with Crippen LogP contribution in [-0.2, 0) is 103 Å². The van der Waals surface area contributed by atoms with Crippen LogP contribution in [0.2, 0.25) is 0 Å². The van der Waals surface area contributed by atoms with Crippen LogP contribution in [0.5, 0.6) is 0 Å². The normalized spacial score (nSPS) is 13.5. The Balaban J connectivity index is 1.12. The molecule has 10 N–H and O–H groups in total. The lowest BCUT2D eigenvalue weighted by Gasteiger charge is -2.26. The molecular formula is C76H103IN5O25P. The molecule has 4 rings (SSSR count). The van der Waals surface area contributed by atoms with E-state index >= 15 is 0 Å². The number of unbranched alkanes of at least 4 members (excludes halogenated alkanes) is 3. The first-order valence-electron chi connectivity index (χ1n) is 36.5. The van der Waals surface area contributed by atoms with E-state index in [9.17, 15) is 92.2 Å². The van der Waals surface area contributed by atoms with Crippen molar-refractivity contribution in [1.29, 1.82) is 0 Å². The van der Waals surface area contributed by atoms with Crippen molar-refractivity contribution in [2.45, 2.75) is 179 Å². The first-order valence-corrected chi connectivity index (χ1v) is 39.4. The Bertz CT molecular complexity index is 3550. The molecule has 1 aliphatic heterocycles. The van der Waals surface area contributed by atoms with Crippen LogP contribution in [0.25, 0.3) is 0 Å². The van der Waals surface area contributed by atoms with E-state index in [0.717, 1.165) is 32.2 Å². The van der Waals surface area contributed by atoms with Gasteiger partial charge in [-0.05, 0) is 148 Å². The molecular weight excluding hydrogens is 1540 g/mol. The molecule has 0 saturated heterocycles. The zero-order valence-corrected chi connectivity index (χ0v) is 63.9. The number of carboxylic acids is 5. The van der Waals surface area contributed by atoms with E-state index in [1.165, 1.54) is 0 Å². The van der Waals surface area contributed by atoms with Crippen LogP contribution in [0.1, 0.15) is 176 Å². The predicted molar refractivity (Wildman–Crippen MR) is 401 cm³/mol. The number of ketones is 3. The molecule has 0 aromatic heterocycles. The number of rotatable bonds is 61. The second-order valence-corrected chi connectivity index (χ2v) is 29.3. The number of halogens is 1. The number of para-hydroxylation sites is 1. The van der Waals surface area contributed by atoms with Crippen LogP contribution in [-0.4, -0.2) is 198 Å². The van der Waals surface area contributed by atoms with Gasteiger partial charge in [-0.25, -0.2) is 9.59 Å². The second kappa shape index (κ2) is 52.7. The molecule has 0 saturated carbocycles. The van der Waals surface area contributed by atoms with Crippen LogP contribution >= 0.6 is 30.2 Å². The zero-order valence-electron chi connectivity index (χ0n) is 60.9. The van der Waals surface area contributed by atoms with E-state index in [-0.39, 0.29) is 140 Å². The third-order valence-corrected chi connectivity index (χ3v) is 19.7. The lowest BCUT2D eigenvalue weighted by molar-refractivity contribution is -0.145. The number of benzene rings is 3. The molecule has 0 bridgehead atoms. The van der Waals surface area contributed by atoms with Gasteiger partial charge in [-0.15, -0.1) is 0 Å². The van der Waals surface area contributed by atoms with Gasteiger partial charge in [-0.2, -0.15) is 0 Å². The summed E-state index contributed by atoms with van der Waals surface area (Å²) in [4.78, 5) is 175. The van der Waals surface area contributed by atoms with Crippen molar-refractivity contribution < 1.29 is 121 Å². The molecule has 594 valence electrons. The van der Waals surface area contributed by atoms with Crippen LogP contribution < -0.4 is 26.2 Å². The van der Waals surface area contributed by atoms with Crippen molar-refractivity contribution in [3.63, 3.8) is 0 Å². The number of carboxylic acid groups (broad SMARTS) is 5. The smallest absolute Gasteiger partial charge is 0.328 e. The van der Waals surface area contributed by atoms with Gasteiger partial charge in [0.25, 0.3) is 0 Å². The van der Waals surface area contributed by atoms with E-state index in [1.54, 1.807) is 4.90 Å². The molecule has 3 aromatic carbocycles. The van der Waals surface area contributed by atoms with Crippen molar-refractivity contribution in [2.75, 3.05) is 83.6 Å². The van der Waals surface area contributed by atoms with Gasteiger partial charge >= 0.3 is 37.4 Å². The van der Waals surface area contributed by atoms with Crippen molar-refractivity contribution in [3.05, 3.63) is 98.6 Å². The minimum atomic E-state index is -4.54. The number of amides is 5. The Kier molecular flexibility index (Phi) is 44.9. The Labute approximate surface area is 642 Å². The predicted octanol–water partition coefficient (Wildman–Crippen LogP) is 7.59. The molecule has 0 aliphatic carbocycles. The van der Waals surface area contributed by atoms with Gasteiger partial charge in [0, 0.05) is 111 Å². The maximum Gasteiger partial charge on any atom is 0.328 e. The molecule has 3 aromatic rings. The van der Waals surface area contributed by atoms with Gasteiger partial charge in [0.1, 0.15) is 29.4 Å². The number of nitrogens with one attached hydrogen (secondary N) is 4. The van der Waals surface area contributed by atoms with E-state index in [0.29, 0.717) is 90.0 Å². The molecule has 1 aliphatic rings. The van der Waals surface area contributed by atoms with Crippen molar-refractivity contribution in [1.82, 2.24) is 21.3 Å². The molecule has 32 heteroatoms. The Morgan fingerprint density at radius 2 is 1.00 bits per heavy atom. The Hall–Kier alpha value is -8.35. The number of carbonyl (C=O) groups excluding carboxylic acids is 8. The van der Waals surface area contributed by atoms with E-state index < -0.39 is 129 Å². The molecule has 0 fully saturated rings. The number of Topliss-reactive ketones (excluding diaryl/α,β-unsaturated/α-hetero) is 3. The fourth-order valence-electron chi connectivity index (χ4n) is 11.4. The van der Waals surface area contributed by atoms with E-state index in [4.69, 9.17) is 28.6 Å². The number of aliphatic carboxylic acids is 5. The molecule has 1 heterocycles. The monoisotopic (exact) mass is 1640 g/mol. The Morgan fingerprint density at radius 1 is 0.463 bits per heavy atom. The average molecular weight is 1640 g/mol. The second-order valence-electron chi connectivity index (χ2n) is 26.1. The highest BCUT2D eigenvalue weighted by Crippen LogP contribution is 2.45. The van der Waals surface area contributed by atoms with Crippen molar-refractivity contribution in [3.8, 4) is 11.8 Å². The maximum atomic E-state index is 13.8. The van der Waals surface area contributed by atoms with Gasteiger partial charge in [0.15, 0.2) is 0 Å². The maximum absolute atomic E-state index is 13.8. The third kappa shape index (κ3) is 40.2. The van der Waals surface area contributed by atoms with Crippen molar-refractivity contribution in [2.24, 2.45) is 17.8 Å². The molecule has 4 unspecified atom stereocenters. The van der Waals surface area contributed by atoms with Crippen LogP contribution in [0.3, 0.4) is 0 Å². The van der Waals surface area contributed by atoms with Crippen LogP contribution in [0, 0.1) is 33.2 Å². The summed E-state index contributed by atoms with van der Waals surface area (Å²) in [5.41, 5.74) is 4.37. The largest absolute Gasteiger partial charge is 0.481 e. The quantitative estimate of drug-likeness (QED) is 0.0112. The number of fused-ring (bicyclic) bond motifs is 2. The molecule has 0 spiro atoms. The summed E-state index contributed by atoms with van der Waals surface area (Å²) in [6.07, 6.45) is 0.261. The van der Waals surface area contributed by atoms with Gasteiger partial charge in [-0.3, -0.25) is 57.3 Å². The summed E-state index contributed by atoms with van der Waals surface area (Å²) in [6.45, 7) is 2.06. The zero-order chi connectivity index (χ0) is 79.1. The highest BCUT2D eigenvalue weighted by atomic mass is 127. The van der Waals surface area contributed by atoms with Crippen LogP contribution in [0.4, 0.5) is 5.69 Å². The number of nitrogens with zero attached hydrogens (tertiary/aromatic N) is 1. The van der Waals surface area contributed by atoms with Gasteiger partial charge < -0.3 is 80.1 Å². The summed E-state index contributed by atoms with van der Waals surface area (Å²) in [7, 11) is -4.54. The van der Waals surface area contributed by atoms with Gasteiger partial charge in [0.2, 0.25) is 29.5 Å². The average Bonchev–Trinajstić information content (AvgIpc) is 0.804. The summed E-state index contributed by atoms with van der Waals surface area (Å²) in [5.74, 6) is -7.60. The first-order chi connectivity index (χ1) is 51.7. The molecule has 6 atom stereocenters. The number of ether oxygens (including phenoxy) is 4. The fourth-order valence-corrected chi connectivity index (χ4v) is 13.1. The molecule has 30 nitrogen and oxygen atoms in total. The molecule has 0 radical (unpaired) electrons. The number of carbonyl (C=O) groups is 13. The Morgan fingerprint density at radius 3 is 1.66 bits per heavy atom. The summed E-state index contributed by atoms with van der Waals surface area (Å²) >= 11 is 2.22. The van der Waals surface area contributed by atoms with E-state index in [1.807, 2.05) is 72.8 Å². The molecule has 108 heavy (non-hydrogen) atoms. The standard InChI is InChI=1S/C76H103IN5O25P/c77-60-30-23-53(24-31-60)13-10-22-67(86)78-39-9-7-19-65(76(99)100)81-72(92)56(27-33-68(87)79-38-8-1-2-17-62(84)50-57(73(93)94)28-34-69(88)80-64(75(97)98)20-12-41-107-108(101,102)52-59(74(95)96)29-36-71(90)91)49-63(85)37-42-104-44-46-106-48-47-105-45-43-103-40-11-18-61(83)32-35-70(89)82-51-58-16-4-3-14-54(58)25-26-55-15-5-6-21-66(55)82/h3-6,14-16,21,23-24,30-31,56-57,59,64-65H,1-2,7-13,17-20,22,27-29,32-52H2,(H,78,86)(H,79,87)(H,80,88)(H,81,92)(H,90,91)(H,93,94)(H,95,96)(H,97,98)(H,99,100)(H,101,102)/t56?,57-,59?,64+,65?/m1/s1. The lowest BCUT2D eigenvalue weighted by atomic mass is 9.94.